The van der Waals surface area contributed by atoms with Gasteiger partial charge in [0.15, 0.2) is 5.58 Å². The van der Waals surface area contributed by atoms with Gasteiger partial charge in [0.2, 0.25) is 0 Å². The summed E-state index contributed by atoms with van der Waals surface area (Å²) in [6.07, 6.45) is 2.34. The summed E-state index contributed by atoms with van der Waals surface area (Å²) in [6, 6.07) is 13.6. The second-order valence-electron chi connectivity index (χ2n) is 8.53. The highest BCUT2D eigenvalue weighted by Gasteiger charge is 2.24. The summed E-state index contributed by atoms with van der Waals surface area (Å²) in [5.74, 6) is 0.717. The molecule has 4 aromatic rings. The van der Waals surface area contributed by atoms with E-state index in [4.69, 9.17) is 8.83 Å². The highest BCUT2D eigenvalue weighted by molar-refractivity contribution is 5.96. The van der Waals surface area contributed by atoms with E-state index in [-0.39, 0.29) is 5.75 Å². The molecule has 6 heteroatoms. The van der Waals surface area contributed by atoms with Crippen LogP contribution in [0.25, 0.3) is 33.1 Å². The number of hydrogen-bond acceptors (Lipinski definition) is 5. The van der Waals surface area contributed by atoms with E-state index in [9.17, 15) is 14.7 Å². The Balaban J connectivity index is 1.70. The minimum atomic E-state index is -0.566. The number of fused-ring (bicyclic) bond motifs is 2. The fourth-order valence-corrected chi connectivity index (χ4v) is 4.72. The van der Waals surface area contributed by atoms with Gasteiger partial charge in [0.25, 0.3) is 0 Å². The van der Waals surface area contributed by atoms with Crippen LogP contribution in [0.5, 0.6) is 5.75 Å². The molecule has 31 heavy (non-hydrogen) atoms. The molecule has 3 heterocycles. The molecule has 1 unspecified atom stereocenters. The summed E-state index contributed by atoms with van der Waals surface area (Å²) < 4.78 is 11.1. The minimum absolute atomic E-state index is 0.101. The Bertz CT molecular complexity index is 1400. The van der Waals surface area contributed by atoms with Crippen LogP contribution in [-0.2, 0) is 6.54 Å². The highest BCUT2D eigenvalue weighted by Crippen LogP contribution is 2.32. The summed E-state index contributed by atoms with van der Waals surface area (Å²) in [6.45, 7) is 4.82. The van der Waals surface area contributed by atoms with Gasteiger partial charge >= 0.3 is 11.3 Å². The number of phenolic OH excluding ortho intramolecular Hbond substituents is 1. The lowest BCUT2D eigenvalue weighted by molar-refractivity contribution is -0.922. The Morgan fingerprint density at radius 3 is 2.74 bits per heavy atom. The highest BCUT2D eigenvalue weighted by atomic mass is 16.4. The molecule has 1 fully saturated rings. The number of nitrogens with one attached hydrogen (secondary N) is 1. The number of hydrogen-bond donors (Lipinski definition) is 2. The first-order valence-electron chi connectivity index (χ1n) is 10.6. The average Bonchev–Trinajstić information content (AvgIpc) is 2.75. The quantitative estimate of drug-likeness (QED) is 0.500. The maximum Gasteiger partial charge on any atom is 0.344 e. The second kappa shape index (κ2) is 7.71. The summed E-state index contributed by atoms with van der Waals surface area (Å²) in [4.78, 5) is 26.6. The van der Waals surface area contributed by atoms with Gasteiger partial charge in [-0.05, 0) is 37.1 Å². The Hall–Kier alpha value is -3.38. The van der Waals surface area contributed by atoms with Crippen molar-refractivity contribution in [1.29, 1.82) is 0 Å². The third-order valence-corrected chi connectivity index (χ3v) is 6.21. The van der Waals surface area contributed by atoms with Crippen molar-refractivity contribution in [2.75, 3.05) is 13.1 Å². The molecule has 6 nitrogen and oxygen atoms in total. The predicted octanol–water partition coefficient (Wildman–Crippen LogP) is 3.09. The molecule has 1 saturated heterocycles. The van der Waals surface area contributed by atoms with Gasteiger partial charge in [-0.2, -0.15) is 0 Å². The van der Waals surface area contributed by atoms with Crippen molar-refractivity contribution in [3.8, 4) is 16.9 Å². The van der Waals surface area contributed by atoms with Gasteiger partial charge in [0, 0.05) is 28.3 Å². The van der Waals surface area contributed by atoms with Crippen LogP contribution in [0, 0.1) is 5.92 Å². The van der Waals surface area contributed by atoms with Crippen molar-refractivity contribution in [1.82, 2.24) is 0 Å². The third-order valence-electron chi connectivity index (χ3n) is 6.21. The molecule has 2 atom stereocenters. The summed E-state index contributed by atoms with van der Waals surface area (Å²) in [5, 5.41) is 12.0. The second-order valence-corrected chi connectivity index (χ2v) is 8.53. The molecule has 2 aromatic heterocycles. The lowest BCUT2D eigenvalue weighted by atomic mass is 9.97. The Kier molecular flexibility index (Phi) is 4.87. The molecular formula is C25H24NO5+. The van der Waals surface area contributed by atoms with Crippen LogP contribution in [0.15, 0.2) is 67.0 Å². The van der Waals surface area contributed by atoms with Crippen LogP contribution in [0.1, 0.15) is 25.3 Å². The zero-order valence-corrected chi connectivity index (χ0v) is 17.3. The Morgan fingerprint density at radius 2 is 1.90 bits per heavy atom. The van der Waals surface area contributed by atoms with Crippen molar-refractivity contribution < 1.29 is 18.8 Å². The molecule has 0 amide bonds. The summed E-state index contributed by atoms with van der Waals surface area (Å²) in [5.41, 5.74) is 1.09. The van der Waals surface area contributed by atoms with Gasteiger partial charge in [-0.1, -0.05) is 25.1 Å². The van der Waals surface area contributed by atoms with Gasteiger partial charge < -0.3 is 18.8 Å². The van der Waals surface area contributed by atoms with E-state index in [1.54, 1.807) is 30.3 Å². The van der Waals surface area contributed by atoms with Gasteiger partial charge in [-0.25, -0.2) is 9.59 Å². The van der Waals surface area contributed by atoms with Crippen LogP contribution in [0.3, 0.4) is 0 Å². The average molecular weight is 418 g/mol. The number of likely N-dealkylation sites (tertiary alicyclic amines) is 1. The molecular weight excluding hydrogens is 394 g/mol. The first kappa shape index (κ1) is 19.6. The number of quaternary nitrogens is 1. The van der Waals surface area contributed by atoms with E-state index in [2.05, 4.69) is 6.92 Å². The van der Waals surface area contributed by atoms with Gasteiger partial charge in [-0.15, -0.1) is 0 Å². The third kappa shape index (κ3) is 3.64. The Morgan fingerprint density at radius 1 is 1.06 bits per heavy atom. The number of phenols is 1. The Labute approximate surface area is 178 Å². The van der Waals surface area contributed by atoms with Crippen LogP contribution in [-0.4, -0.2) is 18.2 Å². The summed E-state index contributed by atoms with van der Waals surface area (Å²) >= 11 is 0. The molecule has 0 radical (unpaired) electrons. The molecule has 158 valence electrons. The molecule has 0 spiro atoms. The summed E-state index contributed by atoms with van der Waals surface area (Å²) in [7, 11) is 0. The van der Waals surface area contributed by atoms with Crippen LogP contribution >= 0.6 is 0 Å². The fourth-order valence-electron chi connectivity index (χ4n) is 4.72. The predicted molar refractivity (Wildman–Crippen MR) is 118 cm³/mol. The maximum atomic E-state index is 12.7. The van der Waals surface area contributed by atoms with Crippen LogP contribution in [0.2, 0.25) is 0 Å². The molecule has 1 aliphatic rings. The minimum Gasteiger partial charge on any atom is -0.507 e. The molecule has 0 bridgehead atoms. The van der Waals surface area contributed by atoms with Crippen LogP contribution in [0.4, 0.5) is 0 Å². The standard InChI is InChI=1S/C25H23NO5/c1-15-5-4-10-26(13-15)14-20-21(27)9-8-17-18(12-23(28)31-24(17)20)19-11-16-6-2-3-7-22(16)30-25(19)29/h2-3,6-9,11-12,15,27H,4-5,10,13-14H2,1H3/p+1/t15-/m0/s1. The number of rotatable bonds is 3. The topological polar surface area (TPSA) is 85.1 Å². The van der Waals surface area contributed by atoms with Crippen molar-refractivity contribution in [2.24, 2.45) is 5.92 Å². The van der Waals surface area contributed by atoms with E-state index < -0.39 is 11.3 Å². The number of benzene rings is 2. The monoisotopic (exact) mass is 418 g/mol. The number of piperidine rings is 1. The lowest BCUT2D eigenvalue weighted by Crippen LogP contribution is -3.12. The zero-order chi connectivity index (χ0) is 21.5. The van der Waals surface area contributed by atoms with E-state index in [1.165, 1.54) is 17.4 Å². The van der Waals surface area contributed by atoms with E-state index in [0.29, 0.717) is 45.7 Å². The largest absolute Gasteiger partial charge is 0.507 e. The van der Waals surface area contributed by atoms with Crippen molar-refractivity contribution in [3.63, 3.8) is 0 Å². The normalized spacial score (nSPS) is 19.1. The molecule has 1 aliphatic heterocycles. The van der Waals surface area contributed by atoms with Gasteiger partial charge in [0.05, 0.1) is 24.2 Å². The molecule has 5 rings (SSSR count). The van der Waals surface area contributed by atoms with Gasteiger partial charge in [0.1, 0.15) is 17.9 Å². The first-order valence-corrected chi connectivity index (χ1v) is 10.6. The molecule has 0 aliphatic carbocycles. The van der Waals surface area contributed by atoms with Crippen molar-refractivity contribution >= 4 is 21.9 Å². The molecule has 0 saturated carbocycles. The van der Waals surface area contributed by atoms with E-state index in [0.717, 1.165) is 24.9 Å². The van der Waals surface area contributed by atoms with Crippen molar-refractivity contribution in [3.05, 3.63) is 74.9 Å². The smallest absolute Gasteiger partial charge is 0.344 e. The SMILES string of the molecule is C[C@H]1CCC[NH+](Cc2c(O)ccc3c(-c4cc5ccccc5oc4=O)cc(=O)oc23)C1. The van der Waals surface area contributed by atoms with E-state index >= 15 is 0 Å². The first-order chi connectivity index (χ1) is 15.0. The fraction of sp³-hybridized carbons (Fsp3) is 0.280. The van der Waals surface area contributed by atoms with Gasteiger partial charge in [-0.3, -0.25) is 0 Å². The number of para-hydroxylation sites is 1. The lowest BCUT2D eigenvalue weighted by Gasteiger charge is -2.28. The van der Waals surface area contributed by atoms with Crippen molar-refractivity contribution in [2.45, 2.75) is 26.3 Å². The van der Waals surface area contributed by atoms with E-state index in [1.807, 2.05) is 12.1 Å². The molecule has 2 aromatic carbocycles. The van der Waals surface area contributed by atoms with Crippen LogP contribution < -0.4 is 16.2 Å². The maximum absolute atomic E-state index is 12.7. The molecule has 2 N–H and O–H groups in total. The zero-order valence-electron chi connectivity index (χ0n) is 17.3. The number of aromatic hydroxyl groups is 1.